The minimum Gasteiger partial charge on any atom is -0.323 e. The lowest BCUT2D eigenvalue weighted by Gasteiger charge is -2.19. The number of halogens is 2. The molecule has 3 nitrogen and oxygen atoms in total. The molecule has 2 N–H and O–H groups in total. The van der Waals surface area contributed by atoms with Gasteiger partial charge >= 0.3 is 0 Å². The van der Waals surface area contributed by atoms with Crippen LogP contribution in [0.3, 0.4) is 0 Å². The Morgan fingerprint density at radius 1 is 1.25 bits per heavy atom. The highest BCUT2D eigenvalue weighted by Crippen LogP contribution is 2.31. The number of hydrogen-bond donors (Lipinski definition) is 1. The molecule has 0 radical (unpaired) electrons. The van der Waals surface area contributed by atoms with E-state index in [9.17, 15) is 8.78 Å². The zero-order valence-corrected chi connectivity index (χ0v) is 12.5. The molecule has 108 valence electrons. The zero-order chi connectivity index (χ0) is 14.9. The van der Waals surface area contributed by atoms with Crippen molar-refractivity contribution >= 4 is 11.5 Å². The van der Waals surface area contributed by atoms with Gasteiger partial charge in [0.1, 0.15) is 11.6 Å². The van der Waals surface area contributed by atoms with E-state index in [-0.39, 0.29) is 17.4 Å². The van der Waals surface area contributed by atoms with Crippen LogP contribution >= 0.6 is 11.5 Å². The van der Waals surface area contributed by atoms with Crippen LogP contribution in [0.15, 0.2) is 18.2 Å². The van der Waals surface area contributed by atoms with Crippen LogP contribution in [0, 0.1) is 11.6 Å². The molecule has 0 amide bonds. The Labute approximate surface area is 121 Å². The van der Waals surface area contributed by atoms with Gasteiger partial charge in [0.05, 0.1) is 10.6 Å². The Morgan fingerprint density at radius 3 is 2.40 bits per heavy atom. The van der Waals surface area contributed by atoms with Crippen LogP contribution in [-0.4, -0.2) is 9.59 Å². The molecule has 6 heteroatoms. The van der Waals surface area contributed by atoms with Gasteiger partial charge in [0.15, 0.2) is 0 Å². The molecule has 1 aromatic carbocycles. The van der Waals surface area contributed by atoms with Crippen molar-refractivity contribution in [1.29, 1.82) is 0 Å². The van der Waals surface area contributed by atoms with E-state index in [1.54, 1.807) is 0 Å². The standard InChI is InChI=1S/C14H17F2N3S/c1-14(2,3)13-12(20-19-18-13)11(17)7-8-9(15)5-4-6-10(8)16/h4-6,11H,7,17H2,1-3H3. The normalized spacial score (nSPS) is 13.5. The molecule has 1 aromatic heterocycles. The maximum Gasteiger partial charge on any atom is 0.129 e. The number of hydrogen-bond acceptors (Lipinski definition) is 4. The molecule has 0 aliphatic carbocycles. The van der Waals surface area contributed by atoms with E-state index in [4.69, 9.17) is 5.73 Å². The zero-order valence-electron chi connectivity index (χ0n) is 11.7. The van der Waals surface area contributed by atoms with Gasteiger partial charge in [0, 0.05) is 17.0 Å². The lowest BCUT2D eigenvalue weighted by molar-refractivity contribution is 0.528. The van der Waals surface area contributed by atoms with E-state index in [2.05, 4.69) is 9.59 Å². The number of benzene rings is 1. The van der Waals surface area contributed by atoms with Crippen LogP contribution in [-0.2, 0) is 11.8 Å². The predicted octanol–water partition coefficient (Wildman–Crippen LogP) is 3.36. The van der Waals surface area contributed by atoms with E-state index < -0.39 is 17.7 Å². The summed E-state index contributed by atoms with van der Waals surface area (Å²) in [7, 11) is 0. The fourth-order valence-corrected chi connectivity index (χ4v) is 2.86. The van der Waals surface area contributed by atoms with E-state index in [1.165, 1.54) is 29.7 Å². The second-order valence-corrected chi connectivity index (χ2v) is 6.53. The van der Waals surface area contributed by atoms with Gasteiger partial charge < -0.3 is 5.73 Å². The van der Waals surface area contributed by atoms with Crippen molar-refractivity contribution in [2.24, 2.45) is 5.73 Å². The first kappa shape index (κ1) is 15.0. The predicted molar refractivity (Wildman–Crippen MR) is 75.6 cm³/mol. The number of nitrogens with two attached hydrogens (primary N) is 1. The molecule has 0 saturated carbocycles. The Kier molecular flexibility index (Phi) is 4.15. The van der Waals surface area contributed by atoms with Gasteiger partial charge in [-0.05, 0) is 30.1 Å². The van der Waals surface area contributed by atoms with Crippen LogP contribution in [0.4, 0.5) is 8.78 Å². The summed E-state index contributed by atoms with van der Waals surface area (Å²) >= 11 is 1.18. The summed E-state index contributed by atoms with van der Waals surface area (Å²) in [4.78, 5) is 0.778. The molecule has 1 heterocycles. The second kappa shape index (κ2) is 5.54. The first-order valence-corrected chi connectivity index (χ1v) is 7.09. The van der Waals surface area contributed by atoms with E-state index >= 15 is 0 Å². The Bertz CT molecular complexity index is 584. The topological polar surface area (TPSA) is 51.8 Å². The van der Waals surface area contributed by atoms with Crippen molar-refractivity contribution in [3.8, 4) is 0 Å². The molecule has 0 spiro atoms. The Hall–Kier alpha value is -1.40. The summed E-state index contributed by atoms with van der Waals surface area (Å²) in [5, 5.41) is 4.10. The quantitative estimate of drug-likeness (QED) is 0.945. The van der Waals surface area contributed by atoms with Gasteiger partial charge in [-0.25, -0.2) is 8.78 Å². The van der Waals surface area contributed by atoms with Crippen molar-refractivity contribution in [2.75, 3.05) is 0 Å². The van der Waals surface area contributed by atoms with Crippen LogP contribution in [0.2, 0.25) is 0 Å². The third-order valence-corrected chi connectivity index (χ3v) is 3.90. The van der Waals surface area contributed by atoms with Crippen molar-refractivity contribution < 1.29 is 8.78 Å². The largest absolute Gasteiger partial charge is 0.323 e. The summed E-state index contributed by atoms with van der Waals surface area (Å²) in [6, 6.07) is 3.30. The third kappa shape index (κ3) is 3.02. The molecule has 1 unspecified atom stereocenters. The van der Waals surface area contributed by atoms with Gasteiger partial charge in [0.25, 0.3) is 0 Å². The van der Waals surface area contributed by atoms with Gasteiger partial charge in [-0.1, -0.05) is 31.3 Å². The Morgan fingerprint density at radius 2 is 1.85 bits per heavy atom. The SMILES string of the molecule is CC(C)(C)c1nnsc1C(N)Cc1c(F)cccc1F. The molecule has 2 rings (SSSR count). The fraction of sp³-hybridized carbons (Fsp3) is 0.429. The van der Waals surface area contributed by atoms with E-state index in [1.807, 2.05) is 20.8 Å². The van der Waals surface area contributed by atoms with E-state index in [0.717, 1.165) is 10.6 Å². The maximum absolute atomic E-state index is 13.7. The summed E-state index contributed by atoms with van der Waals surface area (Å²) in [6.07, 6.45) is 0.0887. The summed E-state index contributed by atoms with van der Waals surface area (Å²) < 4.78 is 31.2. The van der Waals surface area contributed by atoms with Crippen molar-refractivity contribution in [2.45, 2.75) is 38.6 Å². The van der Waals surface area contributed by atoms with Gasteiger partial charge in [0.2, 0.25) is 0 Å². The van der Waals surface area contributed by atoms with E-state index in [0.29, 0.717) is 0 Å². The van der Waals surface area contributed by atoms with Crippen LogP contribution in [0.25, 0.3) is 0 Å². The molecular weight excluding hydrogens is 280 g/mol. The molecule has 2 aromatic rings. The monoisotopic (exact) mass is 297 g/mol. The average Bonchev–Trinajstić information content (AvgIpc) is 2.82. The van der Waals surface area contributed by atoms with Crippen LogP contribution in [0.1, 0.15) is 42.9 Å². The maximum atomic E-state index is 13.7. The van der Waals surface area contributed by atoms with Gasteiger partial charge in [-0.15, -0.1) is 5.10 Å². The van der Waals surface area contributed by atoms with Crippen molar-refractivity contribution in [1.82, 2.24) is 9.59 Å². The highest BCUT2D eigenvalue weighted by Gasteiger charge is 2.26. The second-order valence-electron chi connectivity index (χ2n) is 5.75. The van der Waals surface area contributed by atoms with Crippen LogP contribution < -0.4 is 5.73 Å². The molecule has 1 atom stereocenters. The Balaban J connectivity index is 2.30. The number of nitrogens with zero attached hydrogens (tertiary/aromatic N) is 2. The first-order chi connectivity index (χ1) is 9.30. The van der Waals surface area contributed by atoms with Gasteiger partial charge in [-0.3, -0.25) is 0 Å². The fourth-order valence-electron chi connectivity index (χ4n) is 2.00. The molecule has 20 heavy (non-hydrogen) atoms. The highest BCUT2D eigenvalue weighted by atomic mass is 32.1. The molecule has 0 aliphatic heterocycles. The summed E-state index contributed by atoms with van der Waals surface area (Å²) in [5.74, 6) is -1.15. The average molecular weight is 297 g/mol. The molecule has 0 aliphatic rings. The minimum absolute atomic E-state index is 0.00765. The number of aromatic nitrogens is 2. The lowest BCUT2D eigenvalue weighted by atomic mass is 9.89. The molecule has 0 bridgehead atoms. The third-order valence-electron chi connectivity index (χ3n) is 3.05. The number of rotatable bonds is 3. The summed E-state index contributed by atoms with van der Waals surface area (Å²) in [6.45, 7) is 6.01. The van der Waals surface area contributed by atoms with Crippen LogP contribution in [0.5, 0.6) is 0 Å². The molecule has 0 fully saturated rings. The smallest absolute Gasteiger partial charge is 0.129 e. The first-order valence-electron chi connectivity index (χ1n) is 6.32. The highest BCUT2D eigenvalue weighted by molar-refractivity contribution is 7.05. The molecular formula is C14H17F2N3S. The van der Waals surface area contributed by atoms with Crippen molar-refractivity contribution in [3.05, 3.63) is 46.0 Å². The lowest BCUT2D eigenvalue weighted by Crippen LogP contribution is -2.21. The summed E-state index contributed by atoms with van der Waals surface area (Å²) in [5.41, 5.74) is 6.69. The minimum atomic E-state index is -0.574. The van der Waals surface area contributed by atoms with Crippen molar-refractivity contribution in [3.63, 3.8) is 0 Å². The molecule has 0 saturated heterocycles. The van der Waals surface area contributed by atoms with Gasteiger partial charge in [-0.2, -0.15) is 0 Å².